The Hall–Kier alpha value is -3.68. The summed E-state index contributed by atoms with van der Waals surface area (Å²) in [6.45, 7) is 7.50. The van der Waals surface area contributed by atoms with Crippen LogP contribution in [0.25, 0.3) is 16.6 Å². The fraction of sp³-hybridized carbons (Fsp3) is 0.207. The summed E-state index contributed by atoms with van der Waals surface area (Å²) in [5, 5.41) is 11.9. The second-order valence-corrected chi connectivity index (χ2v) is 11.0. The van der Waals surface area contributed by atoms with Crippen molar-refractivity contribution >= 4 is 32.3 Å². The Morgan fingerprint density at radius 3 is 2.39 bits per heavy atom. The Balaban J connectivity index is 1.29. The number of likely N-dealkylation sites (tertiary alicyclic amines) is 1. The summed E-state index contributed by atoms with van der Waals surface area (Å²) >= 11 is 0. The zero-order valence-corrected chi connectivity index (χ0v) is 21.0. The van der Waals surface area contributed by atoms with Crippen LogP contribution in [0.4, 0.5) is 5.69 Å². The predicted molar refractivity (Wildman–Crippen MR) is 144 cm³/mol. The molecule has 3 aromatic carbocycles. The van der Waals surface area contributed by atoms with Crippen LogP contribution >= 0.6 is 0 Å². The Morgan fingerprint density at radius 2 is 1.69 bits per heavy atom. The van der Waals surface area contributed by atoms with E-state index in [1.165, 1.54) is 0 Å². The molecule has 1 saturated heterocycles. The highest BCUT2D eigenvalue weighted by molar-refractivity contribution is 7.93. The van der Waals surface area contributed by atoms with Crippen LogP contribution < -0.4 is 4.72 Å². The van der Waals surface area contributed by atoms with Crippen molar-refractivity contribution in [1.29, 1.82) is 0 Å². The lowest BCUT2D eigenvalue weighted by molar-refractivity contribution is -0.0139. The summed E-state index contributed by atoms with van der Waals surface area (Å²) in [4.78, 5) is 6.62. The van der Waals surface area contributed by atoms with Gasteiger partial charge in [-0.3, -0.25) is 9.71 Å². The number of pyridine rings is 1. The molecule has 1 aliphatic rings. The molecular formula is C29H29N3O3S. The number of hydrogen-bond donors (Lipinski definition) is 2. The van der Waals surface area contributed by atoms with E-state index in [1.807, 2.05) is 61.5 Å². The molecule has 184 valence electrons. The molecule has 0 atom stereocenters. The molecule has 5 rings (SSSR count). The number of sulfonamides is 1. The molecule has 0 bridgehead atoms. The lowest BCUT2D eigenvalue weighted by atomic mass is 9.84. The predicted octanol–water partition coefficient (Wildman–Crippen LogP) is 5.30. The summed E-state index contributed by atoms with van der Waals surface area (Å²) < 4.78 is 29.1. The first kappa shape index (κ1) is 24.0. The van der Waals surface area contributed by atoms with Crippen molar-refractivity contribution in [3.8, 4) is 0 Å². The highest BCUT2D eigenvalue weighted by atomic mass is 32.2. The van der Waals surface area contributed by atoms with E-state index >= 15 is 0 Å². The molecule has 1 aliphatic heterocycles. The van der Waals surface area contributed by atoms with E-state index in [9.17, 15) is 13.5 Å². The van der Waals surface area contributed by atoms with Crippen molar-refractivity contribution < 1.29 is 13.5 Å². The molecule has 2 N–H and O–H groups in total. The summed E-state index contributed by atoms with van der Waals surface area (Å²) in [7, 11) is -3.83. The molecule has 0 unspecified atom stereocenters. The zero-order chi connectivity index (χ0) is 25.3. The van der Waals surface area contributed by atoms with Crippen LogP contribution in [0.2, 0.25) is 0 Å². The minimum atomic E-state index is -3.83. The molecule has 7 heteroatoms. The molecule has 4 aromatic rings. The first-order valence-electron chi connectivity index (χ1n) is 12.0. The smallest absolute Gasteiger partial charge is 0.264 e. The number of rotatable bonds is 6. The van der Waals surface area contributed by atoms with E-state index in [2.05, 4.69) is 21.2 Å². The van der Waals surface area contributed by atoms with E-state index in [0.717, 1.165) is 27.8 Å². The molecule has 36 heavy (non-hydrogen) atoms. The van der Waals surface area contributed by atoms with Gasteiger partial charge in [0.15, 0.2) is 0 Å². The number of aryl methyl sites for hydroxylation is 1. The van der Waals surface area contributed by atoms with Crippen molar-refractivity contribution in [2.24, 2.45) is 0 Å². The second kappa shape index (κ2) is 9.41. The number of fused-ring (bicyclic) bond motifs is 1. The minimum absolute atomic E-state index is 0.158. The number of aliphatic hydroxyl groups is 1. The van der Waals surface area contributed by atoms with Gasteiger partial charge in [0.1, 0.15) is 4.90 Å². The quantitative estimate of drug-likeness (QED) is 0.376. The Morgan fingerprint density at radius 1 is 1.00 bits per heavy atom. The van der Waals surface area contributed by atoms with Gasteiger partial charge in [-0.05, 0) is 66.8 Å². The van der Waals surface area contributed by atoms with Gasteiger partial charge in [0.2, 0.25) is 0 Å². The molecule has 0 amide bonds. The van der Waals surface area contributed by atoms with Crippen LogP contribution in [-0.4, -0.2) is 36.5 Å². The fourth-order valence-electron chi connectivity index (χ4n) is 4.81. The Labute approximate surface area is 212 Å². The third kappa shape index (κ3) is 4.72. The van der Waals surface area contributed by atoms with Crippen LogP contribution in [0, 0.1) is 6.92 Å². The summed E-state index contributed by atoms with van der Waals surface area (Å²) in [6, 6.07) is 24.2. The van der Waals surface area contributed by atoms with Crippen LogP contribution in [0.3, 0.4) is 0 Å². The normalized spacial score (nSPS) is 15.6. The monoisotopic (exact) mass is 499 g/mol. The van der Waals surface area contributed by atoms with Crippen molar-refractivity contribution in [2.75, 3.05) is 17.8 Å². The summed E-state index contributed by atoms with van der Waals surface area (Å²) in [5.74, 6) is 0. The molecule has 6 nitrogen and oxygen atoms in total. The minimum Gasteiger partial charge on any atom is -0.385 e. The lowest BCUT2D eigenvalue weighted by Crippen LogP contribution is -2.41. The zero-order valence-electron chi connectivity index (χ0n) is 20.2. The van der Waals surface area contributed by atoms with Gasteiger partial charge in [-0.15, -0.1) is 0 Å². The number of hydrogen-bond acceptors (Lipinski definition) is 5. The first-order chi connectivity index (χ1) is 17.2. The molecule has 0 saturated carbocycles. The van der Waals surface area contributed by atoms with E-state index in [1.54, 1.807) is 30.5 Å². The highest BCUT2D eigenvalue weighted by Gasteiger charge is 2.34. The fourth-order valence-corrected chi connectivity index (χ4v) is 6.14. The maximum Gasteiger partial charge on any atom is 0.264 e. The second-order valence-electron chi connectivity index (χ2n) is 9.35. The first-order valence-corrected chi connectivity index (χ1v) is 13.4. The number of nitrogens with zero attached hydrogens (tertiary/aromatic N) is 2. The van der Waals surface area contributed by atoms with Crippen molar-refractivity contribution in [2.45, 2.75) is 30.3 Å². The van der Waals surface area contributed by atoms with Crippen LogP contribution in [0.1, 0.15) is 29.5 Å². The number of nitrogens with one attached hydrogen (secondary N) is 1. The van der Waals surface area contributed by atoms with Crippen LogP contribution in [0.5, 0.6) is 0 Å². The molecule has 2 heterocycles. The maximum absolute atomic E-state index is 13.2. The van der Waals surface area contributed by atoms with Gasteiger partial charge < -0.3 is 10.0 Å². The van der Waals surface area contributed by atoms with Crippen molar-refractivity contribution in [3.63, 3.8) is 0 Å². The molecular weight excluding hydrogens is 470 g/mol. The van der Waals surface area contributed by atoms with Crippen LogP contribution in [-0.2, 0) is 15.6 Å². The molecule has 1 aromatic heterocycles. The third-order valence-electron chi connectivity index (χ3n) is 6.86. The van der Waals surface area contributed by atoms with Crippen molar-refractivity contribution in [3.05, 3.63) is 108 Å². The summed E-state index contributed by atoms with van der Waals surface area (Å²) in [6.07, 6.45) is 2.83. The molecule has 0 aliphatic carbocycles. The highest BCUT2D eigenvalue weighted by Crippen LogP contribution is 2.35. The summed E-state index contributed by atoms with van der Waals surface area (Å²) in [5.41, 5.74) is 3.65. The van der Waals surface area contributed by atoms with E-state index in [-0.39, 0.29) is 4.90 Å². The van der Waals surface area contributed by atoms with Gasteiger partial charge in [0.25, 0.3) is 10.0 Å². The van der Waals surface area contributed by atoms with E-state index in [0.29, 0.717) is 37.1 Å². The van der Waals surface area contributed by atoms with Gasteiger partial charge >= 0.3 is 0 Å². The number of piperidine rings is 1. The number of anilines is 1. The Bertz CT molecular complexity index is 1510. The SMILES string of the molecule is C=C(c1ccc(NS(=O)(=O)c2cc(C)cc3cccnc23)cc1)N1CCC(O)(c2ccccc2)CC1. The standard InChI is InChI=1S/C29H29N3O3S/c1-21-19-24-7-6-16-30-28(24)27(20-21)36(34,35)31-26-12-10-23(11-13-26)22(2)32-17-14-29(33,15-18-32)25-8-4-3-5-9-25/h3-13,16,19-20,31,33H,2,14-15,17-18H2,1H3. The average Bonchev–Trinajstić information content (AvgIpc) is 2.89. The van der Waals surface area contributed by atoms with Gasteiger partial charge in [0.05, 0.1) is 11.1 Å². The largest absolute Gasteiger partial charge is 0.385 e. The van der Waals surface area contributed by atoms with Gasteiger partial charge in [-0.2, -0.15) is 0 Å². The Kier molecular flexibility index (Phi) is 6.28. The lowest BCUT2D eigenvalue weighted by Gasteiger charge is -2.40. The maximum atomic E-state index is 13.2. The van der Waals surface area contributed by atoms with Crippen LogP contribution in [0.15, 0.2) is 96.5 Å². The molecule has 0 radical (unpaired) electrons. The molecule has 1 fully saturated rings. The van der Waals surface area contributed by atoms with Crippen molar-refractivity contribution in [1.82, 2.24) is 9.88 Å². The average molecular weight is 500 g/mol. The third-order valence-corrected chi connectivity index (χ3v) is 8.25. The van der Waals surface area contributed by atoms with Gasteiger partial charge in [-0.1, -0.05) is 55.1 Å². The van der Waals surface area contributed by atoms with Gasteiger partial charge in [0, 0.05) is 36.1 Å². The topological polar surface area (TPSA) is 82.5 Å². The molecule has 0 spiro atoms. The van der Waals surface area contributed by atoms with E-state index < -0.39 is 15.6 Å². The number of benzene rings is 3. The van der Waals surface area contributed by atoms with Gasteiger partial charge in [-0.25, -0.2) is 8.42 Å². The van der Waals surface area contributed by atoms with E-state index in [4.69, 9.17) is 0 Å². The number of aromatic nitrogens is 1.